The molecule has 0 aliphatic rings. The molecule has 0 aliphatic heterocycles. The number of nitrogen functional groups attached to an aromatic ring is 1. The average molecular weight is 282 g/mol. The van der Waals surface area contributed by atoms with Gasteiger partial charge >= 0.3 is 0 Å². The monoisotopic (exact) mass is 282 g/mol. The molecule has 0 saturated heterocycles. The number of aryl methyl sites for hydroxylation is 1. The Bertz CT molecular complexity index is 619. The van der Waals surface area contributed by atoms with Gasteiger partial charge < -0.3 is 5.43 Å². The van der Waals surface area contributed by atoms with E-state index in [9.17, 15) is 8.78 Å². The summed E-state index contributed by atoms with van der Waals surface area (Å²) in [6, 6.07) is 3.42. The van der Waals surface area contributed by atoms with Crippen LogP contribution in [0.3, 0.4) is 0 Å². The Hall–Kier alpha value is -1.73. The summed E-state index contributed by atoms with van der Waals surface area (Å²) in [5, 5.41) is 0.575. The lowest BCUT2D eigenvalue weighted by Gasteiger charge is -2.10. The van der Waals surface area contributed by atoms with Crippen LogP contribution >= 0.6 is 11.8 Å². The molecule has 0 unspecified atom stereocenters. The topological polar surface area (TPSA) is 63.8 Å². The Kier molecular flexibility index (Phi) is 3.96. The van der Waals surface area contributed by atoms with E-state index in [1.807, 2.05) is 0 Å². The third-order valence-electron chi connectivity index (χ3n) is 2.45. The predicted molar refractivity (Wildman–Crippen MR) is 69.8 cm³/mol. The first kappa shape index (κ1) is 13.7. The van der Waals surface area contributed by atoms with Crippen molar-refractivity contribution in [1.29, 1.82) is 0 Å². The molecule has 0 atom stereocenters. The van der Waals surface area contributed by atoms with Gasteiger partial charge in [0.1, 0.15) is 28.3 Å². The largest absolute Gasteiger partial charge is 0.308 e. The van der Waals surface area contributed by atoms with E-state index < -0.39 is 11.6 Å². The minimum atomic E-state index is -0.622. The van der Waals surface area contributed by atoms with Gasteiger partial charge in [0.15, 0.2) is 0 Å². The number of hydrogen-bond donors (Lipinski definition) is 2. The molecule has 0 bridgehead atoms. The molecular weight excluding hydrogens is 270 g/mol. The first-order valence-corrected chi connectivity index (χ1v) is 6.27. The smallest absolute Gasteiger partial charge is 0.147 e. The van der Waals surface area contributed by atoms with E-state index in [1.165, 1.54) is 12.1 Å². The average Bonchev–Trinajstić information content (AvgIpc) is 2.36. The first-order chi connectivity index (χ1) is 9.01. The van der Waals surface area contributed by atoms with Crippen LogP contribution in [0.4, 0.5) is 14.6 Å². The van der Waals surface area contributed by atoms with Crippen LogP contribution in [0.1, 0.15) is 11.4 Å². The normalized spacial score (nSPS) is 10.6. The van der Waals surface area contributed by atoms with E-state index in [0.717, 1.165) is 17.8 Å². The fourth-order valence-corrected chi connectivity index (χ4v) is 2.43. The quantitative estimate of drug-likeness (QED) is 0.515. The second-order valence-electron chi connectivity index (χ2n) is 3.87. The zero-order valence-electron chi connectivity index (χ0n) is 10.4. The van der Waals surface area contributed by atoms with Crippen molar-refractivity contribution in [1.82, 2.24) is 9.97 Å². The number of benzene rings is 1. The molecule has 7 heteroatoms. The number of aromatic nitrogens is 2. The summed E-state index contributed by atoms with van der Waals surface area (Å²) in [6.45, 7) is 3.49. The third kappa shape index (κ3) is 2.99. The molecule has 2 aromatic rings. The molecule has 0 saturated carbocycles. The van der Waals surface area contributed by atoms with Gasteiger partial charge in [0, 0.05) is 16.5 Å². The van der Waals surface area contributed by atoms with Crippen LogP contribution in [-0.2, 0) is 0 Å². The molecule has 4 nitrogen and oxygen atoms in total. The van der Waals surface area contributed by atoms with Crippen molar-refractivity contribution in [2.75, 3.05) is 5.43 Å². The van der Waals surface area contributed by atoms with Gasteiger partial charge in [-0.15, -0.1) is 0 Å². The summed E-state index contributed by atoms with van der Waals surface area (Å²) in [6.07, 6.45) is 0. The molecule has 0 aliphatic carbocycles. The minimum Gasteiger partial charge on any atom is -0.308 e. The highest BCUT2D eigenvalue weighted by molar-refractivity contribution is 7.99. The van der Waals surface area contributed by atoms with Gasteiger partial charge in [-0.2, -0.15) is 0 Å². The summed E-state index contributed by atoms with van der Waals surface area (Å²) in [4.78, 5) is 8.65. The summed E-state index contributed by atoms with van der Waals surface area (Å²) in [7, 11) is 0. The van der Waals surface area contributed by atoms with Gasteiger partial charge in [0.2, 0.25) is 0 Å². The molecule has 1 aromatic heterocycles. The third-order valence-corrected chi connectivity index (χ3v) is 3.59. The summed E-state index contributed by atoms with van der Waals surface area (Å²) in [5.41, 5.74) is 3.18. The van der Waals surface area contributed by atoms with Crippen LogP contribution in [0.5, 0.6) is 0 Å². The molecule has 0 amide bonds. The van der Waals surface area contributed by atoms with Gasteiger partial charge in [-0.25, -0.2) is 24.6 Å². The van der Waals surface area contributed by atoms with E-state index in [0.29, 0.717) is 27.1 Å². The Balaban J connectivity index is 2.40. The van der Waals surface area contributed by atoms with Crippen LogP contribution in [0.2, 0.25) is 0 Å². The highest BCUT2D eigenvalue weighted by atomic mass is 32.2. The number of halogens is 2. The van der Waals surface area contributed by atoms with Crippen molar-refractivity contribution in [3.63, 3.8) is 0 Å². The van der Waals surface area contributed by atoms with Crippen molar-refractivity contribution in [2.24, 2.45) is 5.84 Å². The van der Waals surface area contributed by atoms with Crippen molar-refractivity contribution < 1.29 is 8.78 Å². The number of nitrogens with two attached hydrogens (primary N) is 1. The van der Waals surface area contributed by atoms with Gasteiger partial charge in [-0.1, -0.05) is 11.8 Å². The second-order valence-corrected chi connectivity index (χ2v) is 4.90. The highest BCUT2D eigenvalue weighted by Gasteiger charge is 2.12. The van der Waals surface area contributed by atoms with E-state index in [-0.39, 0.29) is 0 Å². The van der Waals surface area contributed by atoms with Crippen molar-refractivity contribution in [3.05, 3.63) is 41.2 Å². The fourth-order valence-electron chi connectivity index (χ4n) is 1.50. The molecular formula is C12H12F2N4S. The molecule has 2 rings (SSSR count). The first-order valence-electron chi connectivity index (χ1n) is 5.46. The molecule has 0 radical (unpaired) electrons. The minimum absolute atomic E-state index is 0.297. The van der Waals surface area contributed by atoms with E-state index in [1.54, 1.807) is 13.8 Å². The maximum atomic E-state index is 13.6. The van der Waals surface area contributed by atoms with Gasteiger partial charge in [-0.05, 0) is 26.0 Å². The van der Waals surface area contributed by atoms with E-state index in [4.69, 9.17) is 5.84 Å². The fraction of sp³-hybridized carbons (Fsp3) is 0.167. The SMILES string of the molecule is Cc1nc(NN)c(C)c(Sc2ccc(F)cc2F)n1. The Morgan fingerprint density at radius 3 is 2.58 bits per heavy atom. The maximum Gasteiger partial charge on any atom is 0.147 e. The van der Waals surface area contributed by atoms with Crippen LogP contribution in [0.25, 0.3) is 0 Å². The standard InChI is InChI=1S/C12H12F2N4S/c1-6-11(18-15)16-7(2)17-12(6)19-10-4-3-8(13)5-9(10)14/h3-5H,15H2,1-2H3,(H,16,17,18). The molecule has 3 N–H and O–H groups in total. The van der Waals surface area contributed by atoms with Crippen molar-refractivity contribution >= 4 is 17.6 Å². The summed E-state index contributed by atoms with van der Waals surface area (Å²) < 4.78 is 26.5. The predicted octanol–water partition coefficient (Wildman–Crippen LogP) is 2.81. The van der Waals surface area contributed by atoms with Gasteiger partial charge in [-0.3, -0.25) is 0 Å². The van der Waals surface area contributed by atoms with Gasteiger partial charge in [0.05, 0.1) is 0 Å². The summed E-state index contributed by atoms with van der Waals surface area (Å²) in [5.74, 6) is 5.13. The van der Waals surface area contributed by atoms with Crippen LogP contribution in [0, 0.1) is 25.5 Å². The number of hydrazine groups is 1. The lowest BCUT2D eigenvalue weighted by atomic mass is 10.3. The molecule has 100 valence electrons. The lowest BCUT2D eigenvalue weighted by Crippen LogP contribution is -2.12. The van der Waals surface area contributed by atoms with E-state index >= 15 is 0 Å². The van der Waals surface area contributed by atoms with Crippen LogP contribution in [-0.4, -0.2) is 9.97 Å². The number of hydrogen-bond acceptors (Lipinski definition) is 5. The van der Waals surface area contributed by atoms with Crippen LogP contribution in [0.15, 0.2) is 28.1 Å². The zero-order valence-corrected chi connectivity index (χ0v) is 11.2. The Labute approximate surface area is 113 Å². The van der Waals surface area contributed by atoms with Crippen molar-refractivity contribution in [3.8, 4) is 0 Å². The molecule has 0 spiro atoms. The number of anilines is 1. The number of nitrogens with zero attached hydrogens (tertiary/aromatic N) is 2. The molecule has 19 heavy (non-hydrogen) atoms. The number of rotatable bonds is 3. The highest BCUT2D eigenvalue weighted by Crippen LogP contribution is 2.32. The van der Waals surface area contributed by atoms with Crippen LogP contribution < -0.4 is 11.3 Å². The molecule has 1 aromatic carbocycles. The Morgan fingerprint density at radius 1 is 1.21 bits per heavy atom. The Morgan fingerprint density at radius 2 is 1.95 bits per heavy atom. The molecule has 0 fully saturated rings. The zero-order chi connectivity index (χ0) is 14.0. The van der Waals surface area contributed by atoms with Gasteiger partial charge in [0.25, 0.3) is 0 Å². The number of nitrogens with one attached hydrogen (secondary N) is 1. The second kappa shape index (κ2) is 5.50. The maximum absolute atomic E-state index is 13.6. The van der Waals surface area contributed by atoms with Crippen molar-refractivity contribution in [2.45, 2.75) is 23.8 Å². The van der Waals surface area contributed by atoms with E-state index in [2.05, 4.69) is 15.4 Å². The lowest BCUT2D eigenvalue weighted by molar-refractivity contribution is 0.565. The summed E-state index contributed by atoms with van der Waals surface area (Å²) >= 11 is 1.10. The molecule has 1 heterocycles.